The lowest BCUT2D eigenvalue weighted by Crippen LogP contribution is -2.46. The minimum absolute atomic E-state index is 0.0266. The van der Waals surface area contributed by atoms with E-state index in [2.05, 4.69) is 111 Å². The lowest BCUT2D eigenvalue weighted by atomic mass is 10.0. The lowest BCUT2D eigenvalue weighted by molar-refractivity contribution is -0.151. The fourth-order valence-corrected chi connectivity index (χ4v) is 7.96. The predicted molar refractivity (Wildman–Crippen MR) is 287 cm³/mol. The first-order chi connectivity index (χ1) is 32.5. The van der Waals surface area contributed by atoms with E-state index in [1.165, 1.54) is 128 Å². The van der Waals surface area contributed by atoms with Gasteiger partial charge in [-0.15, -0.1) is 0 Å². The van der Waals surface area contributed by atoms with Gasteiger partial charge in [0.05, 0.1) is 25.2 Å². The summed E-state index contributed by atoms with van der Waals surface area (Å²) in [5.74, 6) is -0.580. The van der Waals surface area contributed by atoms with Gasteiger partial charge in [-0.3, -0.25) is 9.59 Å². The summed E-state index contributed by atoms with van der Waals surface area (Å²) in [5, 5.41) is 23.8. The van der Waals surface area contributed by atoms with Gasteiger partial charge in [-0.2, -0.15) is 0 Å². The first-order valence-corrected chi connectivity index (χ1v) is 27.8. The molecule has 1 amide bonds. The van der Waals surface area contributed by atoms with Crippen LogP contribution in [0.15, 0.2) is 85.1 Å². The molecule has 0 aromatic rings. The van der Waals surface area contributed by atoms with Crippen LogP contribution in [-0.2, 0) is 14.3 Å². The van der Waals surface area contributed by atoms with Gasteiger partial charge in [-0.1, -0.05) is 228 Å². The van der Waals surface area contributed by atoms with Crippen LogP contribution in [0.2, 0.25) is 0 Å². The molecule has 6 nitrogen and oxygen atoms in total. The van der Waals surface area contributed by atoms with E-state index in [1.807, 2.05) is 0 Å². The van der Waals surface area contributed by atoms with Crippen molar-refractivity contribution in [1.29, 1.82) is 0 Å². The van der Waals surface area contributed by atoms with Gasteiger partial charge < -0.3 is 20.3 Å². The summed E-state index contributed by atoms with van der Waals surface area (Å²) >= 11 is 0. The first-order valence-electron chi connectivity index (χ1n) is 27.8. The fraction of sp³-hybridized carbons (Fsp3) is 0.733. The zero-order valence-electron chi connectivity index (χ0n) is 43.3. The largest absolute Gasteiger partial charge is 0.462 e. The fourth-order valence-electron chi connectivity index (χ4n) is 7.96. The molecule has 0 rings (SSSR count). The second-order valence-electron chi connectivity index (χ2n) is 18.6. The standard InChI is InChI=1S/C60H105NO5/c1-4-7-10-13-16-19-22-25-28-29-32-35-38-41-44-47-50-53-60(65)66-56(51-48-45-42-39-36-33-30-26-23-20-17-14-11-8-5-2)54-59(64)61-57(55-62)58(63)52-49-46-43-40-37-34-31-27-24-21-18-15-12-9-6-3/h16-17,19-20,25-26,28,30,32,35-36,39,41,44,56-58,62-63H,4-15,18,21-24,27,29,31,33-34,37-38,40,42-43,45-55H2,1-3H3,(H,61,64)/b19-16-,20-17-,28-25-,30-26-,35-32-,39-36-,44-41-. The van der Waals surface area contributed by atoms with Gasteiger partial charge in [-0.25, -0.2) is 0 Å². The highest BCUT2D eigenvalue weighted by atomic mass is 16.5. The van der Waals surface area contributed by atoms with Crippen molar-refractivity contribution in [3.05, 3.63) is 85.1 Å². The Morgan fingerprint density at radius 2 is 0.773 bits per heavy atom. The minimum Gasteiger partial charge on any atom is -0.462 e. The number of aliphatic hydroxyl groups is 2. The highest BCUT2D eigenvalue weighted by Gasteiger charge is 2.24. The summed E-state index contributed by atoms with van der Waals surface area (Å²) < 4.78 is 5.90. The highest BCUT2D eigenvalue weighted by molar-refractivity contribution is 5.77. The van der Waals surface area contributed by atoms with E-state index in [1.54, 1.807) is 0 Å². The van der Waals surface area contributed by atoms with Crippen LogP contribution in [0.3, 0.4) is 0 Å². The summed E-state index contributed by atoms with van der Waals surface area (Å²) in [6.07, 6.45) is 69.3. The molecule has 0 aliphatic rings. The van der Waals surface area contributed by atoms with Crippen LogP contribution >= 0.6 is 0 Å². The maximum absolute atomic E-state index is 13.2. The van der Waals surface area contributed by atoms with Crippen molar-refractivity contribution in [3.63, 3.8) is 0 Å². The smallest absolute Gasteiger partial charge is 0.306 e. The van der Waals surface area contributed by atoms with Crippen molar-refractivity contribution in [2.45, 2.75) is 277 Å². The number of unbranched alkanes of at least 4 members (excludes halogenated alkanes) is 23. The van der Waals surface area contributed by atoms with E-state index in [-0.39, 0.29) is 24.9 Å². The SMILES string of the molecule is CCCCC/C=C\C/C=C\C/C=C\C/C=C\CCCC(=O)OC(CCCC/C=C\C/C=C\C/C=C\CCCCC)CC(=O)NC(CO)C(O)CCCCCCCCCCCCCCCCC. The van der Waals surface area contributed by atoms with Crippen molar-refractivity contribution in [2.24, 2.45) is 0 Å². The van der Waals surface area contributed by atoms with E-state index < -0.39 is 18.2 Å². The van der Waals surface area contributed by atoms with E-state index in [0.717, 1.165) is 77.0 Å². The van der Waals surface area contributed by atoms with Gasteiger partial charge in [0.1, 0.15) is 6.10 Å². The summed E-state index contributed by atoms with van der Waals surface area (Å²) in [7, 11) is 0. The van der Waals surface area contributed by atoms with Crippen LogP contribution in [0, 0.1) is 0 Å². The molecule has 0 aliphatic carbocycles. The van der Waals surface area contributed by atoms with Crippen LogP contribution in [0.25, 0.3) is 0 Å². The van der Waals surface area contributed by atoms with Gasteiger partial charge >= 0.3 is 5.97 Å². The van der Waals surface area contributed by atoms with Crippen LogP contribution < -0.4 is 5.32 Å². The van der Waals surface area contributed by atoms with E-state index >= 15 is 0 Å². The molecule has 0 aliphatic heterocycles. The monoisotopic (exact) mass is 920 g/mol. The van der Waals surface area contributed by atoms with Crippen molar-refractivity contribution in [1.82, 2.24) is 5.32 Å². The van der Waals surface area contributed by atoms with Crippen molar-refractivity contribution in [3.8, 4) is 0 Å². The van der Waals surface area contributed by atoms with Crippen LogP contribution in [-0.4, -0.2) is 46.9 Å². The molecular formula is C60H105NO5. The number of carbonyl (C=O) groups excluding carboxylic acids is 2. The average Bonchev–Trinajstić information content (AvgIpc) is 3.31. The molecule has 0 radical (unpaired) electrons. The molecule has 3 atom stereocenters. The Bertz CT molecular complexity index is 1260. The Kier molecular flexibility index (Phi) is 50.6. The minimum atomic E-state index is -0.812. The molecule has 0 aromatic heterocycles. The van der Waals surface area contributed by atoms with Gasteiger partial charge in [0.25, 0.3) is 0 Å². The molecule has 380 valence electrons. The molecule has 6 heteroatoms. The summed E-state index contributed by atoms with van der Waals surface area (Å²) in [6.45, 7) is 6.41. The lowest BCUT2D eigenvalue weighted by Gasteiger charge is -2.24. The number of esters is 1. The Hall–Kier alpha value is -2.96. The number of allylic oxidation sites excluding steroid dienone is 14. The highest BCUT2D eigenvalue weighted by Crippen LogP contribution is 2.17. The third-order valence-electron chi connectivity index (χ3n) is 12.2. The Morgan fingerprint density at radius 1 is 0.439 bits per heavy atom. The Morgan fingerprint density at radius 3 is 1.18 bits per heavy atom. The quantitative estimate of drug-likeness (QED) is 0.0321. The molecule has 3 N–H and O–H groups in total. The number of amides is 1. The normalized spacial score (nSPS) is 13.8. The first kappa shape index (κ1) is 63.0. The number of ether oxygens (including phenoxy) is 1. The number of nitrogens with one attached hydrogen (secondary N) is 1. The third kappa shape index (κ3) is 47.5. The zero-order valence-corrected chi connectivity index (χ0v) is 43.3. The zero-order chi connectivity index (χ0) is 48.1. The van der Waals surface area contributed by atoms with E-state index in [4.69, 9.17) is 4.74 Å². The molecule has 66 heavy (non-hydrogen) atoms. The molecule has 0 bridgehead atoms. The van der Waals surface area contributed by atoms with Crippen LogP contribution in [0.5, 0.6) is 0 Å². The van der Waals surface area contributed by atoms with E-state index in [9.17, 15) is 19.8 Å². The third-order valence-corrected chi connectivity index (χ3v) is 12.2. The Balaban J connectivity index is 4.72. The number of hydrogen-bond acceptors (Lipinski definition) is 5. The number of aliphatic hydroxyl groups excluding tert-OH is 2. The van der Waals surface area contributed by atoms with Crippen molar-refractivity contribution >= 4 is 11.9 Å². The Labute approximate surface area is 408 Å². The molecule has 0 aromatic carbocycles. The van der Waals surface area contributed by atoms with Gasteiger partial charge in [0, 0.05) is 6.42 Å². The number of rotatable bonds is 49. The van der Waals surface area contributed by atoms with Crippen molar-refractivity contribution < 1.29 is 24.5 Å². The van der Waals surface area contributed by atoms with Gasteiger partial charge in [-0.05, 0) is 103 Å². The molecular weight excluding hydrogens is 815 g/mol. The topological polar surface area (TPSA) is 95.9 Å². The molecule has 3 unspecified atom stereocenters. The molecule has 0 saturated carbocycles. The summed E-state index contributed by atoms with van der Waals surface area (Å²) in [4.78, 5) is 26.2. The number of hydrogen-bond donors (Lipinski definition) is 3. The molecule has 0 saturated heterocycles. The molecule has 0 fully saturated rings. The van der Waals surface area contributed by atoms with Gasteiger partial charge in [0.15, 0.2) is 0 Å². The summed E-state index contributed by atoms with van der Waals surface area (Å²) in [5.41, 5.74) is 0. The predicted octanol–water partition coefficient (Wildman–Crippen LogP) is 17.1. The molecule has 0 heterocycles. The van der Waals surface area contributed by atoms with Crippen LogP contribution in [0.4, 0.5) is 0 Å². The second-order valence-corrected chi connectivity index (χ2v) is 18.6. The maximum atomic E-state index is 13.2. The van der Waals surface area contributed by atoms with Crippen LogP contribution in [0.1, 0.15) is 258 Å². The van der Waals surface area contributed by atoms with E-state index in [0.29, 0.717) is 25.7 Å². The number of carbonyl (C=O) groups is 2. The second kappa shape index (κ2) is 53.0. The van der Waals surface area contributed by atoms with Crippen molar-refractivity contribution in [2.75, 3.05) is 6.61 Å². The van der Waals surface area contributed by atoms with Gasteiger partial charge in [0.2, 0.25) is 5.91 Å². The average molecular weight is 921 g/mol. The molecule has 0 spiro atoms. The maximum Gasteiger partial charge on any atom is 0.306 e. The summed E-state index contributed by atoms with van der Waals surface area (Å²) in [6, 6.07) is -0.730.